The Bertz CT molecular complexity index is 963. The van der Waals surface area contributed by atoms with Gasteiger partial charge >= 0.3 is 6.18 Å². The van der Waals surface area contributed by atoms with E-state index >= 15 is 0 Å². The minimum atomic E-state index is -4.26. The van der Waals surface area contributed by atoms with E-state index in [9.17, 15) is 35.1 Å². The van der Waals surface area contributed by atoms with E-state index in [0.29, 0.717) is 5.56 Å². The zero-order valence-electron chi connectivity index (χ0n) is 21.7. The molecule has 1 aliphatic heterocycles. The Balaban J connectivity index is 0.000000293. The molecule has 2 aromatic carbocycles. The van der Waals surface area contributed by atoms with Crippen LogP contribution in [0.5, 0.6) is 0 Å². The van der Waals surface area contributed by atoms with E-state index in [1.807, 2.05) is 20.8 Å². The van der Waals surface area contributed by atoms with Gasteiger partial charge in [-0.3, -0.25) is 0 Å². The summed E-state index contributed by atoms with van der Waals surface area (Å²) in [6.07, 6.45) is -1.63. The lowest BCUT2D eigenvalue weighted by Crippen LogP contribution is -2.20. The van der Waals surface area contributed by atoms with E-state index in [1.54, 1.807) is 13.0 Å². The van der Waals surface area contributed by atoms with Crippen LogP contribution in [-0.4, -0.2) is 13.2 Å². The molecule has 0 N–H and O–H groups in total. The van der Waals surface area contributed by atoms with Crippen molar-refractivity contribution < 1.29 is 39.5 Å². The molecule has 204 valence electrons. The van der Waals surface area contributed by atoms with Crippen LogP contribution in [0.25, 0.3) is 0 Å². The molecule has 0 aliphatic carbocycles. The summed E-state index contributed by atoms with van der Waals surface area (Å²) in [6.45, 7) is 13.7. The maximum Gasteiger partial charge on any atom is 0.416 e. The summed E-state index contributed by atoms with van der Waals surface area (Å²) in [4.78, 5) is 0. The Morgan fingerprint density at radius 3 is 1.33 bits per heavy atom. The average molecular weight is 527 g/mol. The van der Waals surface area contributed by atoms with Gasteiger partial charge in [0, 0.05) is 18.4 Å². The van der Waals surface area contributed by atoms with Crippen LogP contribution in [0.1, 0.15) is 76.6 Å². The van der Waals surface area contributed by atoms with E-state index in [0.717, 1.165) is 18.8 Å². The van der Waals surface area contributed by atoms with E-state index in [1.165, 1.54) is 45.7 Å². The standard InChI is InChI=1S/C12H15F3.C10H9F5.C5H10O/c1-8-5-9(11(2,3)4)7-10(6-8)12(13,14)15;1-10(2,3)4-5(11)7(13)9(15)8(14)6(4)12;1-6-4-2-3-5-6/h5-7H,1-4H3;1-3H3;1-5H2. The molecule has 0 radical (unpaired) electrons. The maximum atomic E-state index is 13.2. The molecule has 0 bridgehead atoms. The third kappa shape index (κ3) is 8.75. The molecular weight excluding hydrogens is 492 g/mol. The minimum absolute atomic E-state index is 0.258. The van der Waals surface area contributed by atoms with Crippen molar-refractivity contribution in [2.24, 2.45) is 0 Å². The third-order valence-corrected chi connectivity index (χ3v) is 5.35. The quantitative estimate of drug-likeness (QED) is 0.106. The number of aryl methyl sites for hydroxylation is 1. The number of hydrogen-bond acceptors (Lipinski definition) is 0. The Kier molecular flexibility index (Phi) is 10.6. The molecule has 1 nitrogen and oxygen atoms in total. The number of alkyl halides is 3. The highest BCUT2D eigenvalue weighted by atomic mass is 19.4. The van der Waals surface area contributed by atoms with Crippen molar-refractivity contribution in [2.45, 2.75) is 78.3 Å². The molecule has 1 aliphatic rings. The molecule has 0 atom stereocenters. The Hall–Kier alpha value is -2.16. The van der Waals surface area contributed by atoms with Crippen LogP contribution in [0.3, 0.4) is 0 Å². The van der Waals surface area contributed by atoms with Crippen molar-refractivity contribution in [2.75, 3.05) is 13.2 Å². The van der Waals surface area contributed by atoms with E-state index in [2.05, 4.69) is 11.5 Å². The Morgan fingerprint density at radius 1 is 0.639 bits per heavy atom. The molecule has 0 amide bonds. The lowest BCUT2D eigenvalue weighted by atomic mass is 9.85. The van der Waals surface area contributed by atoms with Gasteiger partial charge in [-0.1, -0.05) is 60.3 Å². The molecule has 1 saturated heterocycles. The number of benzene rings is 2. The Labute approximate surface area is 208 Å². The first-order valence-corrected chi connectivity index (χ1v) is 11.4. The van der Waals surface area contributed by atoms with E-state index < -0.39 is 51.8 Å². The van der Waals surface area contributed by atoms with Crippen LogP contribution in [0.15, 0.2) is 18.2 Å². The summed E-state index contributed by atoms with van der Waals surface area (Å²) in [5.74, 6) is -9.46. The zero-order valence-corrected chi connectivity index (χ0v) is 21.7. The van der Waals surface area contributed by atoms with Gasteiger partial charge in [0.1, 0.15) is 13.2 Å². The predicted molar refractivity (Wildman–Crippen MR) is 125 cm³/mol. The summed E-state index contributed by atoms with van der Waals surface area (Å²) in [5, 5.41) is 0. The lowest BCUT2D eigenvalue weighted by Gasteiger charge is -2.21. The highest BCUT2D eigenvalue weighted by Gasteiger charge is 2.33. The molecule has 9 heteroatoms. The molecule has 1 fully saturated rings. The topological polar surface area (TPSA) is 2.70 Å². The lowest BCUT2D eigenvalue weighted by molar-refractivity contribution is -0.137. The minimum Gasteiger partial charge on any atom is -0.570 e. The fraction of sp³-hybridized carbons (Fsp3) is 0.519. The number of hydrogen-bond donors (Lipinski definition) is 0. The molecule has 36 heavy (non-hydrogen) atoms. The van der Waals surface area contributed by atoms with Gasteiger partial charge in [0.2, 0.25) is 5.82 Å². The first kappa shape index (κ1) is 31.9. The van der Waals surface area contributed by atoms with Crippen molar-refractivity contribution in [1.29, 1.82) is 0 Å². The molecule has 1 heterocycles. The monoisotopic (exact) mass is 526 g/mol. The summed E-state index contributed by atoms with van der Waals surface area (Å²) >= 11 is 0. The van der Waals surface area contributed by atoms with Gasteiger partial charge in [0.15, 0.2) is 23.3 Å². The summed E-state index contributed by atoms with van der Waals surface area (Å²) in [6, 6.07) is 4.21. The molecule has 0 saturated carbocycles. The van der Waals surface area contributed by atoms with Gasteiger partial charge < -0.3 is 4.37 Å². The van der Waals surface area contributed by atoms with Crippen molar-refractivity contribution in [1.82, 2.24) is 0 Å². The molecule has 2 aromatic rings. The van der Waals surface area contributed by atoms with Crippen LogP contribution in [0.2, 0.25) is 0 Å². The van der Waals surface area contributed by atoms with Crippen molar-refractivity contribution >= 4 is 0 Å². The third-order valence-electron chi connectivity index (χ3n) is 5.35. The molecule has 0 unspecified atom stereocenters. The smallest absolute Gasteiger partial charge is 0.416 e. The molecule has 3 rings (SSSR count). The highest BCUT2D eigenvalue weighted by Crippen LogP contribution is 2.34. The van der Waals surface area contributed by atoms with Crippen molar-refractivity contribution in [3.05, 3.63) is 76.6 Å². The van der Waals surface area contributed by atoms with Crippen LogP contribution in [0, 0.1) is 43.1 Å². The number of rotatable bonds is 0. The van der Waals surface area contributed by atoms with Crippen LogP contribution in [-0.2, 0) is 21.4 Å². The van der Waals surface area contributed by atoms with Gasteiger partial charge in [-0.05, 0) is 35.4 Å². The molecule has 0 aromatic heterocycles. The second kappa shape index (κ2) is 11.9. The summed E-state index contributed by atoms with van der Waals surface area (Å²) in [5.41, 5.74) is -1.40. The SMILES string of the molecule is CC(C)(C)c1c(F)c(F)c(F)c(F)c1F.Cc1cc(C(C)(C)C)cc(C(F)(F)F)c1.[CH2-][O+]1CCCC1. The van der Waals surface area contributed by atoms with Gasteiger partial charge in [-0.15, -0.1) is 0 Å². The summed E-state index contributed by atoms with van der Waals surface area (Å²) < 4.78 is 105. The predicted octanol–water partition coefficient (Wildman–Crippen LogP) is 9.12. The van der Waals surface area contributed by atoms with Crippen molar-refractivity contribution in [3.63, 3.8) is 0 Å². The first-order chi connectivity index (χ1) is 16.2. The Morgan fingerprint density at radius 2 is 1.03 bits per heavy atom. The highest BCUT2D eigenvalue weighted by molar-refractivity contribution is 5.35. The molecule has 0 spiro atoms. The maximum absolute atomic E-state index is 13.2. The van der Waals surface area contributed by atoms with E-state index in [4.69, 9.17) is 0 Å². The van der Waals surface area contributed by atoms with Gasteiger partial charge in [0.25, 0.3) is 0 Å². The number of halogens is 8. The zero-order chi connectivity index (χ0) is 28.2. The van der Waals surface area contributed by atoms with Gasteiger partial charge in [-0.2, -0.15) is 13.2 Å². The van der Waals surface area contributed by atoms with Crippen LogP contribution < -0.4 is 0 Å². The average Bonchev–Trinajstić information content (AvgIpc) is 3.20. The fourth-order valence-electron chi connectivity index (χ4n) is 3.36. The summed E-state index contributed by atoms with van der Waals surface area (Å²) in [7, 11) is 3.69. The van der Waals surface area contributed by atoms with Crippen molar-refractivity contribution in [3.8, 4) is 0 Å². The van der Waals surface area contributed by atoms with Gasteiger partial charge in [-0.25, -0.2) is 22.0 Å². The molecular formula is C27H34F8O. The van der Waals surface area contributed by atoms with Crippen LogP contribution >= 0.6 is 0 Å². The second-order valence-electron chi connectivity index (χ2n) is 10.8. The van der Waals surface area contributed by atoms with Crippen LogP contribution in [0.4, 0.5) is 35.1 Å². The van der Waals surface area contributed by atoms with Gasteiger partial charge in [0.05, 0.1) is 5.56 Å². The van der Waals surface area contributed by atoms with E-state index in [-0.39, 0.29) is 5.41 Å². The second-order valence-corrected chi connectivity index (χ2v) is 10.8. The first-order valence-electron chi connectivity index (χ1n) is 11.4. The fourth-order valence-corrected chi connectivity index (χ4v) is 3.36. The normalized spacial score (nSPS) is 14.7. The largest absolute Gasteiger partial charge is 0.570 e.